The fraction of sp³-hybridized carbons (Fsp3) is 0.654. The predicted octanol–water partition coefficient (Wildman–Crippen LogP) is 4.47. The van der Waals surface area contributed by atoms with Crippen LogP contribution in [0.3, 0.4) is 0 Å². The van der Waals surface area contributed by atoms with E-state index in [1.54, 1.807) is 11.3 Å². The quantitative estimate of drug-likeness (QED) is 0.534. The second-order valence-electron chi connectivity index (χ2n) is 10.2. The molecule has 1 aliphatic carbocycles. The zero-order valence-electron chi connectivity index (χ0n) is 20.8. The third kappa shape index (κ3) is 5.93. The summed E-state index contributed by atoms with van der Waals surface area (Å²) in [7, 11) is 4.04. The summed E-state index contributed by atoms with van der Waals surface area (Å²) in [6, 6.07) is 6.36. The number of fused-ring (bicyclic) bond motifs is 1. The van der Waals surface area contributed by atoms with Gasteiger partial charge in [0.2, 0.25) is 11.8 Å². The summed E-state index contributed by atoms with van der Waals surface area (Å²) in [5, 5.41) is 3.98. The topological polar surface area (TPSA) is 88.3 Å². The molecule has 0 spiro atoms. The van der Waals surface area contributed by atoms with Gasteiger partial charge in [0, 0.05) is 25.3 Å². The van der Waals surface area contributed by atoms with E-state index in [1.165, 1.54) is 12.0 Å². The molecule has 1 aromatic carbocycles. The van der Waals surface area contributed by atoms with Gasteiger partial charge in [0.15, 0.2) is 0 Å². The summed E-state index contributed by atoms with van der Waals surface area (Å²) in [6.45, 7) is 6.86. The zero-order chi connectivity index (χ0) is 24.2. The van der Waals surface area contributed by atoms with Crippen LogP contribution in [-0.2, 0) is 16.0 Å². The Morgan fingerprint density at radius 2 is 1.94 bits per heavy atom. The Balaban J connectivity index is 2.07. The predicted molar refractivity (Wildman–Crippen MR) is 136 cm³/mol. The first kappa shape index (κ1) is 25.6. The Bertz CT molecular complexity index is 964. The van der Waals surface area contributed by atoms with E-state index in [0.29, 0.717) is 31.2 Å². The van der Waals surface area contributed by atoms with Crippen LogP contribution in [-0.4, -0.2) is 47.9 Å². The van der Waals surface area contributed by atoms with E-state index in [1.807, 2.05) is 21.0 Å². The lowest BCUT2D eigenvalue weighted by Crippen LogP contribution is -2.66. The third-order valence-corrected chi connectivity index (χ3v) is 8.11. The number of amides is 2. The highest BCUT2D eigenvalue weighted by molar-refractivity contribution is 7.18. The molecule has 1 saturated carbocycles. The lowest BCUT2D eigenvalue weighted by atomic mass is 9.68. The molecule has 33 heavy (non-hydrogen) atoms. The van der Waals surface area contributed by atoms with Gasteiger partial charge in [-0.05, 0) is 43.6 Å². The molecule has 1 aromatic heterocycles. The number of carbonyl (C=O) groups excluding carboxylic acids is 2. The maximum Gasteiger partial charge on any atom is 0.243 e. The van der Waals surface area contributed by atoms with E-state index >= 15 is 0 Å². The molecule has 0 radical (unpaired) electrons. The van der Waals surface area contributed by atoms with Crippen molar-refractivity contribution in [3.8, 4) is 0 Å². The zero-order valence-corrected chi connectivity index (χ0v) is 21.6. The average molecular weight is 473 g/mol. The fourth-order valence-corrected chi connectivity index (χ4v) is 6.35. The van der Waals surface area contributed by atoms with E-state index < -0.39 is 11.4 Å². The normalized spacial score (nSPS) is 17.9. The molecule has 0 bridgehead atoms. The van der Waals surface area contributed by atoms with Gasteiger partial charge in [0.05, 0.1) is 15.2 Å². The number of hydrogen-bond acceptors (Lipinski definition) is 5. The summed E-state index contributed by atoms with van der Waals surface area (Å²) < 4.78 is 1.11. The van der Waals surface area contributed by atoms with Gasteiger partial charge in [0.1, 0.15) is 5.54 Å². The standard InChI is InChI=1S/C26H40N4O2S/c1-6-23(31)29-26(25(27)32,20(16-30(4)5)18-10-8-7-9-11-18)15-24-28-21-13-12-19(17(2)3)14-22(21)33-24/h12-14,17-18,20H,6-11,15-16H2,1-5H3,(H2,27,32)(H,29,31)/t20-,26?/m1/s1. The van der Waals surface area contributed by atoms with E-state index in [4.69, 9.17) is 10.7 Å². The monoisotopic (exact) mass is 472 g/mol. The van der Waals surface area contributed by atoms with Gasteiger partial charge in [-0.2, -0.15) is 0 Å². The number of hydrogen-bond donors (Lipinski definition) is 2. The Morgan fingerprint density at radius 1 is 1.24 bits per heavy atom. The van der Waals surface area contributed by atoms with Gasteiger partial charge in [-0.3, -0.25) is 9.59 Å². The number of primary amides is 1. The summed E-state index contributed by atoms with van der Waals surface area (Å²) >= 11 is 1.61. The van der Waals surface area contributed by atoms with Crippen molar-refractivity contribution in [1.29, 1.82) is 0 Å². The minimum atomic E-state index is -1.16. The van der Waals surface area contributed by atoms with Gasteiger partial charge in [-0.1, -0.05) is 58.9 Å². The van der Waals surface area contributed by atoms with Crippen molar-refractivity contribution >= 4 is 33.4 Å². The van der Waals surface area contributed by atoms with Crippen LogP contribution in [0.15, 0.2) is 18.2 Å². The van der Waals surface area contributed by atoms with Gasteiger partial charge in [-0.25, -0.2) is 4.98 Å². The van der Waals surface area contributed by atoms with Crippen LogP contribution in [0, 0.1) is 11.8 Å². The van der Waals surface area contributed by atoms with Crippen LogP contribution in [0.5, 0.6) is 0 Å². The van der Waals surface area contributed by atoms with Crippen LogP contribution < -0.4 is 11.1 Å². The summed E-state index contributed by atoms with van der Waals surface area (Å²) in [5.41, 5.74) is 7.21. The highest BCUT2D eigenvalue weighted by atomic mass is 32.1. The van der Waals surface area contributed by atoms with Crippen LogP contribution in [0.25, 0.3) is 10.2 Å². The first-order valence-corrected chi connectivity index (χ1v) is 13.1. The molecule has 1 unspecified atom stereocenters. The highest BCUT2D eigenvalue weighted by Gasteiger charge is 2.49. The third-order valence-electron chi connectivity index (χ3n) is 7.09. The molecule has 2 amide bonds. The van der Waals surface area contributed by atoms with Crippen molar-refractivity contribution in [2.75, 3.05) is 20.6 Å². The molecule has 1 aliphatic rings. The van der Waals surface area contributed by atoms with Gasteiger partial charge < -0.3 is 16.0 Å². The minimum Gasteiger partial charge on any atom is -0.368 e. The summed E-state index contributed by atoms with van der Waals surface area (Å²) in [5.74, 6) is 0.108. The summed E-state index contributed by atoms with van der Waals surface area (Å²) in [4.78, 5) is 33.0. The Labute approximate surface area is 202 Å². The van der Waals surface area contributed by atoms with Gasteiger partial charge >= 0.3 is 0 Å². The first-order chi connectivity index (χ1) is 15.7. The molecule has 0 saturated heterocycles. The molecule has 6 nitrogen and oxygen atoms in total. The largest absolute Gasteiger partial charge is 0.368 e. The smallest absolute Gasteiger partial charge is 0.243 e. The lowest BCUT2D eigenvalue weighted by molar-refractivity contribution is -0.135. The van der Waals surface area contributed by atoms with Crippen LogP contribution in [0.1, 0.15) is 75.8 Å². The number of carbonyl (C=O) groups is 2. The number of nitrogens with one attached hydrogen (secondary N) is 1. The average Bonchev–Trinajstić information content (AvgIpc) is 3.18. The second kappa shape index (κ2) is 11.0. The number of benzene rings is 1. The van der Waals surface area contributed by atoms with Crippen molar-refractivity contribution in [2.24, 2.45) is 17.6 Å². The molecular weight excluding hydrogens is 432 g/mol. The molecule has 1 heterocycles. The lowest BCUT2D eigenvalue weighted by Gasteiger charge is -2.45. The number of thiazole rings is 1. The molecule has 7 heteroatoms. The van der Waals surface area contributed by atoms with E-state index in [9.17, 15) is 9.59 Å². The van der Waals surface area contributed by atoms with Crippen molar-refractivity contribution in [3.05, 3.63) is 28.8 Å². The van der Waals surface area contributed by atoms with Gasteiger partial charge in [-0.15, -0.1) is 11.3 Å². The molecule has 2 aromatic rings. The Hall–Kier alpha value is -1.99. The second-order valence-corrected chi connectivity index (χ2v) is 11.3. The van der Waals surface area contributed by atoms with Crippen LogP contribution in [0.4, 0.5) is 0 Å². The molecule has 1 fully saturated rings. The molecule has 2 atom stereocenters. The minimum absolute atomic E-state index is 0.0703. The van der Waals surface area contributed by atoms with Crippen LogP contribution in [0.2, 0.25) is 0 Å². The number of rotatable bonds is 10. The molecule has 3 N–H and O–H groups in total. The highest BCUT2D eigenvalue weighted by Crippen LogP contribution is 2.39. The van der Waals surface area contributed by atoms with Crippen molar-refractivity contribution in [1.82, 2.24) is 15.2 Å². The van der Waals surface area contributed by atoms with Crippen molar-refractivity contribution in [2.45, 2.75) is 77.2 Å². The van der Waals surface area contributed by atoms with Crippen LogP contribution >= 0.6 is 11.3 Å². The van der Waals surface area contributed by atoms with E-state index in [2.05, 4.69) is 42.3 Å². The number of nitrogens with two attached hydrogens (primary N) is 1. The van der Waals surface area contributed by atoms with Crippen molar-refractivity contribution in [3.63, 3.8) is 0 Å². The maximum absolute atomic E-state index is 13.3. The molecule has 3 rings (SSSR count). The SMILES string of the molecule is CCC(=O)NC(Cc1nc2ccc(C(C)C)cc2s1)(C(N)=O)[C@H](CN(C)C)C1CCCCC1. The molecule has 182 valence electrons. The number of aromatic nitrogens is 1. The van der Waals surface area contributed by atoms with Crippen molar-refractivity contribution < 1.29 is 9.59 Å². The van der Waals surface area contributed by atoms with E-state index in [0.717, 1.165) is 40.9 Å². The van der Waals surface area contributed by atoms with Gasteiger partial charge in [0.25, 0.3) is 0 Å². The molecule has 0 aliphatic heterocycles. The first-order valence-electron chi connectivity index (χ1n) is 12.3. The fourth-order valence-electron chi connectivity index (χ4n) is 5.24. The Kier molecular flexibility index (Phi) is 8.51. The Morgan fingerprint density at radius 3 is 2.52 bits per heavy atom. The van der Waals surface area contributed by atoms with E-state index in [-0.39, 0.29) is 11.8 Å². The maximum atomic E-state index is 13.3. The molecular formula is C26H40N4O2S. The summed E-state index contributed by atoms with van der Waals surface area (Å²) in [6.07, 6.45) is 6.31. The number of nitrogens with zero attached hydrogens (tertiary/aromatic N) is 2.